The normalized spacial score (nSPS) is 29.6. The van der Waals surface area contributed by atoms with E-state index < -0.39 is 0 Å². The summed E-state index contributed by atoms with van der Waals surface area (Å²) in [6.07, 6.45) is 3.52. The van der Waals surface area contributed by atoms with E-state index in [0.29, 0.717) is 18.0 Å². The summed E-state index contributed by atoms with van der Waals surface area (Å²) in [6.45, 7) is 2.26. The van der Waals surface area contributed by atoms with Crippen LogP contribution in [0, 0.1) is 11.7 Å². The van der Waals surface area contributed by atoms with Crippen molar-refractivity contribution in [2.45, 2.75) is 37.4 Å². The van der Waals surface area contributed by atoms with E-state index in [1.54, 1.807) is 12.1 Å². The second kappa shape index (κ2) is 6.20. The van der Waals surface area contributed by atoms with Gasteiger partial charge in [0.1, 0.15) is 5.82 Å². The van der Waals surface area contributed by atoms with Gasteiger partial charge in [-0.3, -0.25) is 10.3 Å². The first kappa shape index (κ1) is 15.5. The van der Waals surface area contributed by atoms with Crippen LogP contribution in [0.25, 0.3) is 0 Å². The lowest BCUT2D eigenvalue weighted by Gasteiger charge is -2.39. The average molecular weight is 337 g/mol. The van der Waals surface area contributed by atoms with Crippen LogP contribution in [0.15, 0.2) is 48.5 Å². The number of nitrogens with zero attached hydrogens (tertiary/aromatic N) is 1. The van der Waals surface area contributed by atoms with Crippen LogP contribution in [0.2, 0.25) is 0 Å². The maximum Gasteiger partial charge on any atom is 0.123 e. The average Bonchev–Trinajstić information content (AvgIpc) is 3.26. The van der Waals surface area contributed by atoms with E-state index in [1.165, 1.54) is 36.0 Å². The van der Waals surface area contributed by atoms with Gasteiger partial charge in [0.25, 0.3) is 0 Å². The molecule has 0 saturated carbocycles. The highest BCUT2D eigenvalue weighted by Gasteiger charge is 2.42. The largest absolute Gasteiger partial charge is 0.299 e. The lowest BCUT2D eigenvalue weighted by Crippen LogP contribution is -2.49. The number of likely N-dealkylation sites (tertiary alicyclic amines) is 1. The zero-order valence-corrected chi connectivity index (χ0v) is 14.3. The summed E-state index contributed by atoms with van der Waals surface area (Å²) in [7, 11) is 0. The Morgan fingerprint density at radius 1 is 0.920 bits per heavy atom. The molecule has 2 fully saturated rings. The molecule has 2 aromatic rings. The summed E-state index contributed by atoms with van der Waals surface area (Å²) >= 11 is 0. The number of halogens is 1. The molecule has 2 heterocycles. The third kappa shape index (κ3) is 2.78. The predicted octanol–water partition coefficient (Wildman–Crippen LogP) is 2.83. The third-order valence-electron chi connectivity index (χ3n) is 6.32. The van der Waals surface area contributed by atoms with Crippen LogP contribution in [-0.4, -0.2) is 30.1 Å². The third-order valence-corrected chi connectivity index (χ3v) is 6.32. The molecule has 2 aliphatic heterocycles. The minimum absolute atomic E-state index is 0.166. The molecule has 4 heteroatoms. The van der Waals surface area contributed by atoms with Crippen molar-refractivity contribution in [1.29, 1.82) is 0 Å². The summed E-state index contributed by atoms with van der Waals surface area (Å²) in [5, 5.41) is 0. The van der Waals surface area contributed by atoms with Gasteiger partial charge in [-0.2, -0.15) is 0 Å². The molecule has 130 valence electrons. The van der Waals surface area contributed by atoms with Gasteiger partial charge in [-0.15, -0.1) is 0 Å². The Morgan fingerprint density at radius 3 is 2.36 bits per heavy atom. The fourth-order valence-corrected chi connectivity index (χ4v) is 4.96. The summed E-state index contributed by atoms with van der Waals surface area (Å²) < 4.78 is 13.3. The Labute approximate surface area is 148 Å². The van der Waals surface area contributed by atoms with Crippen LogP contribution >= 0.6 is 0 Å². The number of rotatable bonds is 2. The van der Waals surface area contributed by atoms with Crippen LogP contribution in [0.1, 0.15) is 29.2 Å². The maximum absolute atomic E-state index is 13.3. The summed E-state index contributed by atoms with van der Waals surface area (Å²) in [4.78, 5) is 2.69. The SMILES string of the molecule is Fc1ccc(C2NNC3CCN(C4Cc5ccccc5C4)CC32)cc1. The van der Waals surface area contributed by atoms with Crippen LogP contribution in [-0.2, 0) is 12.8 Å². The Kier molecular flexibility index (Phi) is 3.85. The minimum Gasteiger partial charge on any atom is -0.299 e. The van der Waals surface area contributed by atoms with Crippen LogP contribution in [0.4, 0.5) is 4.39 Å². The number of fused-ring (bicyclic) bond motifs is 2. The second-order valence-corrected chi connectivity index (χ2v) is 7.70. The number of hydrazine groups is 1. The standard InChI is InChI=1S/C21H24FN3/c22-17-7-5-14(6-8-17)21-19-13-25(10-9-20(19)23-24-21)18-11-15-3-1-2-4-16(15)12-18/h1-8,18-21,23-24H,9-13H2. The number of benzene rings is 2. The van der Waals surface area contributed by atoms with Gasteiger partial charge in [0.05, 0.1) is 6.04 Å². The Balaban J connectivity index is 1.33. The Morgan fingerprint density at radius 2 is 1.64 bits per heavy atom. The lowest BCUT2D eigenvalue weighted by molar-refractivity contribution is 0.112. The minimum atomic E-state index is -0.166. The zero-order valence-electron chi connectivity index (χ0n) is 14.3. The van der Waals surface area contributed by atoms with E-state index in [2.05, 4.69) is 40.0 Å². The number of piperidine rings is 1. The van der Waals surface area contributed by atoms with Crippen molar-refractivity contribution in [3.05, 3.63) is 71.0 Å². The molecular weight excluding hydrogens is 313 g/mol. The molecule has 2 N–H and O–H groups in total. The Hall–Kier alpha value is -1.75. The van der Waals surface area contributed by atoms with Crippen molar-refractivity contribution in [2.75, 3.05) is 13.1 Å². The van der Waals surface area contributed by atoms with Crippen molar-refractivity contribution < 1.29 is 4.39 Å². The van der Waals surface area contributed by atoms with Gasteiger partial charge in [0.15, 0.2) is 0 Å². The summed E-state index contributed by atoms with van der Waals surface area (Å²) in [5.74, 6) is 0.364. The molecule has 3 aliphatic rings. The smallest absolute Gasteiger partial charge is 0.123 e. The van der Waals surface area contributed by atoms with Gasteiger partial charge < -0.3 is 0 Å². The molecule has 2 aromatic carbocycles. The van der Waals surface area contributed by atoms with Gasteiger partial charge in [-0.25, -0.2) is 9.82 Å². The van der Waals surface area contributed by atoms with Crippen molar-refractivity contribution in [3.8, 4) is 0 Å². The van der Waals surface area contributed by atoms with Crippen molar-refractivity contribution in [2.24, 2.45) is 5.92 Å². The van der Waals surface area contributed by atoms with Crippen LogP contribution in [0.3, 0.4) is 0 Å². The van der Waals surface area contributed by atoms with Crippen molar-refractivity contribution in [3.63, 3.8) is 0 Å². The highest BCUT2D eigenvalue weighted by Crippen LogP contribution is 2.36. The molecule has 0 aromatic heterocycles. The topological polar surface area (TPSA) is 27.3 Å². The molecule has 25 heavy (non-hydrogen) atoms. The van der Waals surface area contributed by atoms with E-state index in [4.69, 9.17) is 0 Å². The lowest BCUT2D eigenvalue weighted by atomic mass is 9.84. The molecule has 3 atom stereocenters. The monoisotopic (exact) mass is 337 g/mol. The molecule has 1 aliphatic carbocycles. The van der Waals surface area contributed by atoms with Gasteiger partial charge in [-0.05, 0) is 48.1 Å². The quantitative estimate of drug-likeness (QED) is 0.882. The van der Waals surface area contributed by atoms with E-state index in [-0.39, 0.29) is 11.9 Å². The first-order chi connectivity index (χ1) is 12.3. The van der Waals surface area contributed by atoms with Crippen molar-refractivity contribution in [1.82, 2.24) is 15.8 Å². The number of nitrogens with one attached hydrogen (secondary N) is 2. The Bertz CT molecular complexity index is 735. The number of hydrogen-bond donors (Lipinski definition) is 2. The highest BCUT2D eigenvalue weighted by molar-refractivity contribution is 5.33. The molecule has 0 bridgehead atoms. The number of hydrogen-bond acceptors (Lipinski definition) is 3. The molecule has 2 saturated heterocycles. The van der Waals surface area contributed by atoms with Gasteiger partial charge >= 0.3 is 0 Å². The van der Waals surface area contributed by atoms with Gasteiger partial charge in [0, 0.05) is 31.1 Å². The van der Waals surface area contributed by atoms with Crippen molar-refractivity contribution >= 4 is 0 Å². The predicted molar refractivity (Wildman–Crippen MR) is 96.5 cm³/mol. The fourth-order valence-electron chi connectivity index (χ4n) is 4.96. The zero-order chi connectivity index (χ0) is 16.8. The van der Waals surface area contributed by atoms with E-state index in [0.717, 1.165) is 13.1 Å². The molecule has 3 unspecified atom stereocenters. The summed E-state index contributed by atoms with van der Waals surface area (Å²) in [5.41, 5.74) is 11.2. The van der Waals surface area contributed by atoms with Crippen LogP contribution < -0.4 is 10.9 Å². The van der Waals surface area contributed by atoms with Gasteiger partial charge in [-0.1, -0.05) is 36.4 Å². The molecule has 0 amide bonds. The first-order valence-electron chi connectivity index (χ1n) is 9.35. The van der Waals surface area contributed by atoms with E-state index in [9.17, 15) is 4.39 Å². The van der Waals surface area contributed by atoms with E-state index >= 15 is 0 Å². The van der Waals surface area contributed by atoms with Crippen LogP contribution in [0.5, 0.6) is 0 Å². The maximum atomic E-state index is 13.3. The molecule has 0 spiro atoms. The molecule has 3 nitrogen and oxygen atoms in total. The highest BCUT2D eigenvalue weighted by atomic mass is 19.1. The fraction of sp³-hybridized carbons (Fsp3) is 0.429. The molecular formula is C21H24FN3. The summed E-state index contributed by atoms with van der Waals surface area (Å²) in [6, 6.07) is 17.2. The van der Waals surface area contributed by atoms with E-state index in [1.807, 2.05) is 12.1 Å². The second-order valence-electron chi connectivity index (χ2n) is 7.70. The van der Waals surface area contributed by atoms with Gasteiger partial charge in [0.2, 0.25) is 0 Å². The molecule has 0 radical (unpaired) electrons. The first-order valence-corrected chi connectivity index (χ1v) is 9.35. The molecule has 5 rings (SSSR count).